The average Bonchev–Trinajstić information content (AvgIpc) is 2.36. The van der Waals surface area contributed by atoms with Crippen molar-refractivity contribution in [2.75, 3.05) is 13.1 Å². The van der Waals surface area contributed by atoms with Crippen molar-refractivity contribution in [2.24, 2.45) is 5.73 Å². The minimum Gasteiger partial charge on any atom is -0.352 e. The normalized spacial score (nSPS) is 12.4. The van der Waals surface area contributed by atoms with E-state index < -0.39 is 10.0 Å². The monoisotopic (exact) mass is 363 g/mol. The summed E-state index contributed by atoms with van der Waals surface area (Å²) in [6.45, 7) is 7.65. The van der Waals surface area contributed by atoms with E-state index in [2.05, 4.69) is 10.0 Å². The van der Waals surface area contributed by atoms with Crippen LogP contribution in [0.1, 0.15) is 30.0 Å². The van der Waals surface area contributed by atoms with Gasteiger partial charge >= 0.3 is 0 Å². The van der Waals surface area contributed by atoms with E-state index in [9.17, 15) is 13.2 Å². The van der Waals surface area contributed by atoms with Gasteiger partial charge in [0.2, 0.25) is 15.9 Å². The number of hydrogen-bond donors (Lipinski definition) is 3. The first-order valence-electron chi connectivity index (χ1n) is 7.24. The molecule has 0 fully saturated rings. The summed E-state index contributed by atoms with van der Waals surface area (Å²) in [7, 11) is -3.62. The van der Waals surface area contributed by atoms with E-state index in [1.165, 1.54) is 0 Å². The standard InChI is InChI=1S/C15H25N3O3S.ClH/c1-10-7-11(2)15(12(3)8-10)22(20,21)17-6-5-14(19)18-13(4)9-16;/h7-8,13,17H,5-6,9,16H2,1-4H3,(H,18,19);1H/t13-;/m0./s1. The molecule has 1 aromatic rings. The molecule has 0 saturated heterocycles. The van der Waals surface area contributed by atoms with E-state index >= 15 is 0 Å². The Balaban J connectivity index is 0.00000484. The van der Waals surface area contributed by atoms with Crippen molar-refractivity contribution in [2.45, 2.75) is 45.1 Å². The van der Waals surface area contributed by atoms with Crippen molar-refractivity contribution in [1.82, 2.24) is 10.0 Å². The lowest BCUT2D eigenvalue weighted by molar-refractivity contribution is -0.121. The first-order valence-corrected chi connectivity index (χ1v) is 8.72. The molecule has 0 radical (unpaired) electrons. The molecule has 8 heteroatoms. The number of benzene rings is 1. The van der Waals surface area contributed by atoms with Crippen LogP contribution in [0.5, 0.6) is 0 Å². The molecule has 0 unspecified atom stereocenters. The molecule has 0 aliphatic carbocycles. The second-order valence-electron chi connectivity index (χ2n) is 5.58. The third-order valence-electron chi connectivity index (χ3n) is 3.28. The van der Waals surface area contributed by atoms with Crippen LogP contribution in [-0.2, 0) is 14.8 Å². The smallest absolute Gasteiger partial charge is 0.241 e. The number of nitrogens with two attached hydrogens (primary N) is 1. The molecule has 1 aromatic carbocycles. The van der Waals surface area contributed by atoms with Crippen molar-refractivity contribution in [3.05, 3.63) is 28.8 Å². The third kappa shape index (κ3) is 6.47. The van der Waals surface area contributed by atoms with Gasteiger partial charge in [0, 0.05) is 25.6 Å². The molecular formula is C15H26ClN3O3S. The first kappa shape index (κ1) is 21.9. The second-order valence-corrected chi connectivity index (χ2v) is 7.28. The maximum absolute atomic E-state index is 12.4. The predicted molar refractivity (Wildman–Crippen MR) is 94.4 cm³/mol. The van der Waals surface area contributed by atoms with Gasteiger partial charge in [-0.05, 0) is 38.8 Å². The molecule has 6 nitrogen and oxygen atoms in total. The number of aryl methyl sites for hydroxylation is 3. The van der Waals surface area contributed by atoms with Crippen molar-refractivity contribution in [3.8, 4) is 0 Å². The molecule has 1 atom stereocenters. The van der Waals surface area contributed by atoms with Crippen LogP contribution in [0.25, 0.3) is 0 Å². The molecule has 0 spiro atoms. The van der Waals surface area contributed by atoms with Gasteiger partial charge in [0.25, 0.3) is 0 Å². The summed E-state index contributed by atoms with van der Waals surface area (Å²) in [5.74, 6) is -0.224. The van der Waals surface area contributed by atoms with E-state index in [4.69, 9.17) is 5.73 Å². The molecule has 4 N–H and O–H groups in total. The summed E-state index contributed by atoms with van der Waals surface area (Å²) in [5, 5.41) is 2.69. The van der Waals surface area contributed by atoms with Crippen molar-refractivity contribution in [1.29, 1.82) is 0 Å². The molecular weight excluding hydrogens is 338 g/mol. The molecule has 23 heavy (non-hydrogen) atoms. The average molecular weight is 364 g/mol. The summed E-state index contributed by atoms with van der Waals surface area (Å²) in [4.78, 5) is 11.9. The summed E-state index contributed by atoms with van der Waals surface area (Å²) in [6, 6.07) is 3.54. The van der Waals surface area contributed by atoms with Gasteiger partial charge in [0.15, 0.2) is 0 Å². The zero-order valence-corrected chi connectivity index (χ0v) is 15.6. The summed E-state index contributed by atoms with van der Waals surface area (Å²) in [5.41, 5.74) is 7.83. The van der Waals surface area contributed by atoms with Crippen LogP contribution >= 0.6 is 12.4 Å². The summed E-state index contributed by atoms with van der Waals surface area (Å²) >= 11 is 0. The molecule has 0 aliphatic heterocycles. The van der Waals surface area contributed by atoms with Crippen LogP contribution in [0.3, 0.4) is 0 Å². The minimum atomic E-state index is -3.62. The molecule has 0 heterocycles. The van der Waals surface area contributed by atoms with Crippen molar-refractivity contribution in [3.63, 3.8) is 0 Å². The van der Waals surface area contributed by atoms with Crippen molar-refractivity contribution < 1.29 is 13.2 Å². The lowest BCUT2D eigenvalue weighted by Crippen LogP contribution is -2.39. The Hall–Kier alpha value is -1.15. The molecule has 0 bridgehead atoms. The topological polar surface area (TPSA) is 101 Å². The molecule has 0 saturated carbocycles. The van der Waals surface area contributed by atoms with Gasteiger partial charge in [-0.2, -0.15) is 0 Å². The highest BCUT2D eigenvalue weighted by molar-refractivity contribution is 7.89. The fourth-order valence-electron chi connectivity index (χ4n) is 2.37. The molecule has 0 aromatic heterocycles. The first-order chi connectivity index (χ1) is 10.2. The second kappa shape index (κ2) is 9.22. The van der Waals surface area contributed by atoms with E-state index in [0.29, 0.717) is 17.7 Å². The fraction of sp³-hybridized carbons (Fsp3) is 0.533. The van der Waals surface area contributed by atoms with Gasteiger partial charge in [-0.15, -0.1) is 12.4 Å². The Morgan fingerprint density at radius 2 is 1.74 bits per heavy atom. The number of carbonyl (C=O) groups is 1. The quantitative estimate of drug-likeness (QED) is 0.676. The Morgan fingerprint density at radius 3 is 2.22 bits per heavy atom. The highest BCUT2D eigenvalue weighted by Crippen LogP contribution is 2.21. The maximum Gasteiger partial charge on any atom is 0.241 e. The predicted octanol–water partition coefficient (Wildman–Crippen LogP) is 1.17. The van der Waals surface area contributed by atoms with Gasteiger partial charge in [0.05, 0.1) is 4.90 Å². The fourth-order valence-corrected chi connectivity index (χ4v) is 3.85. The number of hydrogen-bond acceptors (Lipinski definition) is 4. The van der Waals surface area contributed by atoms with Gasteiger partial charge < -0.3 is 11.1 Å². The zero-order valence-electron chi connectivity index (χ0n) is 14.0. The van der Waals surface area contributed by atoms with Crippen LogP contribution in [-0.4, -0.2) is 33.5 Å². The number of rotatable bonds is 7. The Labute approximate surface area is 144 Å². The number of amides is 1. The lowest BCUT2D eigenvalue weighted by atomic mass is 10.1. The van der Waals surface area contributed by atoms with Crippen LogP contribution in [0, 0.1) is 20.8 Å². The summed E-state index contributed by atoms with van der Waals surface area (Å²) < 4.78 is 27.2. The number of carbonyl (C=O) groups excluding carboxylic acids is 1. The Kier molecular flexibility index (Phi) is 8.76. The van der Waals surface area contributed by atoms with Crippen LogP contribution in [0.2, 0.25) is 0 Å². The SMILES string of the molecule is Cc1cc(C)c(S(=O)(=O)NCCC(=O)N[C@@H](C)CN)c(C)c1.Cl. The third-order valence-corrected chi connectivity index (χ3v) is 5.04. The lowest BCUT2D eigenvalue weighted by Gasteiger charge is -2.14. The zero-order chi connectivity index (χ0) is 16.9. The Morgan fingerprint density at radius 1 is 1.22 bits per heavy atom. The maximum atomic E-state index is 12.4. The van der Waals surface area contributed by atoms with Crippen LogP contribution in [0.15, 0.2) is 17.0 Å². The van der Waals surface area contributed by atoms with Crippen molar-refractivity contribution >= 4 is 28.3 Å². The number of halogens is 1. The van der Waals surface area contributed by atoms with E-state index in [1.54, 1.807) is 20.8 Å². The van der Waals surface area contributed by atoms with Gasteiger partial charge in [-0.1, -0.05) is 17.7 Å². The highest BCUT2D eigenvalue weighted by atomic mass is 35.5. The minimum absolute atomic E-state index is 0. The largest absolute Gasteiger partial charge is 0.352 e. The van der Waals surface area contributed by atoms with Gasteiger partial charge in [-0.3, -0.25) is 4.79 Å². The molecule has 1 amide bonds. The van der Waals surface area contributed by atoms with E-state index in [-0.39, 0.29) is 42.2 Å². The molecule has 0 aliphatic rings. The van der Waals surface area contributed by atoms with E-state index in [1.807, 2.05) is 19.1 Å². The van der Waals surface area contributed by atoms with Crippen LogP contribution < -0.4 is 15.8 Å². The number of nitrogens with one attached hydrogen (secondary N) is 2. The van der Waals surface area contributed by atoms with Gasteiger partial charge in [0.1, 0.15) is 0 Å². The summed E-state index contributed by atoms with van der Waals surface area (Å²) in [6.07, 6.45) is 0.0769. The highest BCUT2D eigenvalue weighted by Gasteiger charge is 2.19. The van der Waals surface area contributed by atoms with E-state index in [0.717, 1.165) is 5.56 Å². The van der Waals surface area contributed by atoms with Gasteiger partial charge in [-0.25, -0.2) is 13.1 Å². The molecule has 1 rings (SSSR count). The Bertz CT molecular complexity index is 624. The number of sulfonamides is 1. The van der Waals surface area contributed by atoms with Crippen LogP contribution in [0.4, 0.5) is 0 Å². The molecule has 132 valence electrons.